The van der Waals surface area contributed by atoms with Crippen LogP contribution < -0.4 is 15.8 Å². The molecule has 2 N–H and O–H groups in total. The molecular weight excluding hydrogens is 290 g/mol. The largest absolute Gasteiger partial charge is 0.353 e. The van der Waals surface area contributed by atoms with Gasteiger partial charge in [-0.3, -0.25) is 10.2 Å². The molecule has 2 saturated heterocycles. The van der Waals surface area contributed by atoms with E-state index in [1.165, 1.54) is 0 Å². The van der Waals surface area contributed by atoms with Crippen molar-refractivity contribution in [2.75, 3.05) is 31.1 Å². The predicted octanol–water partition coefficient (Wildman–Crippen LogP) is 1.01. The lowest BCUT2D eigenvalue weighted by molar-refractivity contribution is -0.133. The third-order valence-corrected chi connectivity index (χ3v) is 4.81. The van der Waals surface area contributed by atoms with E-state index in [0.29, 0.717) is 6.04 Å². The molecule has 3 rings (SSSR count). The minimum absolute atomic E-state index is 0.111. The molecule has 1 amide bonds. The van der Waals surface area contributed by atoms with Crippen LogP contribution in [0.4, 0.5) is 5.82 Å². The number of anilines is 1. The normalized spacial score (nSPS) is 25.7. The number of aromatic nitrogens is 1. The van der Waals surface area contributed by atoms with Crippen LogP contribution in [0.5, 0.6) is 0 Å². The van der Waals surface area contributed by atoms with Crippen molar-refractivity contribution < 1.29 is 4.79 Å². The zero-order chi connectivity index (χ0) is 16.4. The summed E-state index contributed by atoms with van der Waals surface area (Å²) in [6, 6.07) is 6.16. The maximum absolute atomic E-state index is 12.7. The molecule has 6 nitrogen and oxygen atoms in total. The Bertz CT molecular complexity index is 534. The first-order valence-corrected chi connectivity index (χ1v) is 8.41. The van der Waals surface area contributed by atoms with Gasteiger partial charge >= 0.3 is 0 Å². The first-order chi connectivity index (χ1) is 10.9. The van der Waals surface area contributed by atoms with E-state index in [1.807, 2.05) is 29.3 Å². The number of piperazine rings is 1. The van der Waals surface area contributed by atoms with Gasteiger partial charge in [0, 0.05) is 38.4 Å². The highest BCUT2D eigenvalue weighted by molar-refractivity contribution is 5.82. The lowest BCUT2D eigenvalue weighted by atomic mass is 9.84. The van der Waals surface area contributed by atoms with E-state index < -0.39 is 0 Å². The van der Waals surface area contributed by atoms with E-state index >= 15 is 0 Å². The smallest absolute Gasteiger partial charge is 0.241 e. The van der Waals surface area contributed by atoms with Crippen LogP contribution in [0.15, 0.2) is 24.4 Å². The fourth-order valence-electron chi connectivity index (χ4n) is 3.20. The van der Waals surface area contributed by atoms with Gasteiger partial charge in [-0.15, -0.1) is 0 Å². The molecule has 2 unspecified atom stereocenters. The Hall–Kier alpha value is -1.66. The molecule has 0 bridgehead atoms. The Labute approximate surface area is 138 Å². The van der Waals surface area contributed by atoms with Gasteiger partial charge in [0.05, 0.1) is 0 Å². The molecule has 2 aliphatic rings. The maximum Gasteiger partial charge on any atom is 0.241 e. The Morgan fingerprint density at radius 2 is 1.91 bits per heavy atom. The van der Waals surface area contributed by atoms with Crippen LogP contribution in [0.1, 0.15) is 27.2 Å². The summed E-state index contributed by atoms with van der Waals surface area (Å²) in [7, 11) is 0. The monoisotopic (exact) mass is 317 g/mol. The van der Waals surface area contributed by atoms with Gasteiger partial charge in [-0.05, 0) is 24.0 Å². The van der Waals surface area contributed by atoms with Gasteiger partial charge < -0.3 is 9.80 Å². The molecule has 126 valence electrons. The number of pyridine rings is 1. The first-order valence-electron chi connectivity index (χ1n) is 8.41. The number of carbonyl (C=O) groups excluding carboxylic acids is 1. The first kappa shape index (κ1) is 16.2. The molecule has 23 heavy (non-hydrogen) atoms. The van der Waals surface area contributed by atoms with Crippen molar-refractivity contribution in [3.05, 3.63) is 24.4 Å². The second kappa shape index (κ2) is 6.45. The highest BCUT2D eigenvalue weighted by Crippen LogP contribution is 2.26. The van der Waals surface area contributed by atoms with E-state index in [-0.39, 0.29) is 17.4 Å². The predicted molar refractivity (Wildman–Crippen MR) is 90.9 cm³/mol. The fraction of sp³-hybridized carbons (Fsp3) is 0.647. The summed E-state index contributed by atoms with van der Waals surface area (Å²) in [6.07, 6.45) is 2.66. The number of rotatable bonds is 2. The van der Waals surface area contributed by atoms with Crippen LogP contribution in [0.3, 0.4) is 0 Å². The summed E-state index contributed by atoms with van der Waals surface area (Å²) < 4.78 is 0. The van der Waals surface area contributed by atoms with Crippen molar-refractivity contribution in [2.24, 2.45) is 5.41 Å². The number of nitrogens with one attached hydrogen (secondary N) is 2. The molecule has 3 heterocycles. The fourth-order valence-corrected chi connectivity index (χ4v) is 3.20. The van der Waals surface area contributed by atoms with Gasteiger partial charge in [0.25, 0.3) is 0 Å². The molecule has 0 aromatic carbocycles. The van der Waals surface area contributed by atoms with Crippen molar-refractivity contribution in [2.45, 2.75) is 39.3 Å². The van der Waals surface area contributed by atoms with Gasteiger partial charge in [-0.1, -0.05) is 26.8 Å². The summed E-state index contributed by atoms with van der Waals surface area (Å²) in [5.41, 5.74) is 6.62. The van der Waals surface area contributed by atoms with E-state index in [4.69, 9.17) is 0 Å². The van der Waals surface area contributed by atoms with Gasteiger partial charge in [-0.25, -0.2) is 10.4 Å². The van der Waals surface area contributed by atoms with Gasteiger partial charge in [-0.2, -0.15) is 0 Å². The Balaban J connectivity index is 1.53. The lowest BCUT2D eigenvalue weighted by Gasteiger charge is -2.36. The molecule has 0 aliphatic carbocycles. The molecular formula is C17H27N5O. The summed E-state index contributed by atoms with van der Waals surface area (Å²) in [6.45, 7) is 9.79. The standard InChI is InChI=1S/C17H27N5O/c1-17(2,3)14-12-13(19-20-14)16(23)22-10-8-21(9-11-22)15-6-4-5-7-18-15/h4-7,13-14,19-20H,8-12H2,1-3H3. The molecule has 0 saturated carbocycles. The Morgan fingerprint density at radius 1 is 1.17 bits per heavy atom. The summed E-state index contributed by atoms with van der Waals surface area (Å²) in [4.78, 5) is 21.3. The summed E-state index contributed by atoms with van der Waals surface area (Å²) in [5, 5.41) is 0. The number of nitrogens with zero attached hydrogens (tertiary/aromatic N) is 3. The third-order valence-electron chi connectivity index (χ3n) is 4.81. The van der Waals surface area contributed by atoms with Crippen molar-refractivity contribution in [3.63, 3.8) is 0 Å². The molecule has 2 aliphatic heterocycles. The van der Waals surface area contributed by atoms with Crippen molar-refractivity contribution in [3.8, 4) is 0 Å². The SMILES string of the molecule is CC(C)(C)C1CC(C(=O)N2CCN(c3ccccn3)CC2)NN1. The van der Waals surface area contributed by atoms with Crippen LogP contribution in [0.2, 0.25) is 0 Å². The zero-order valence-corrected chi connectivity index (χ0v) is 14.2. The van der Waals surface area contributed by atoms with Crippen LogP contribution in [-0.4, -0.2) is 54.1 Å². The van der Waals surface area contributed by atoms with Crippen LogP contribution in [0, 0.1) is 5.41 Å². The van der Waals surface area contributed by atoms with Gasteiger partial charge in [0.2, 0.25) is 5.91 Å². The van der Waals surface area contributed by atoms with Crippen molar-refractivity contribution in [1.82, 2.24) is 20.7 Å². The number of hydrogen-bond acceptors (Lipinski definition) is 5. The quantitative estimate of drug-likeness (QED) is 0.852. The van der Waals surface area contributed by atoms with E-state index in [9.17, 15) is 4.79 Å². The zero-order valence-electron chi connectivity index (χ0n) is 14.2. The molecule has 2 fully saturated rings. The van der Waals surface area contributed by atoms with Crippen LogP contribution in [-0.2, 0) is 4.79 Å². The second-order valence-electron chi connectivity index (χ2n) is 7.50. The Kier molecular flexibility index (Phi) is 4.55. The van der Waals surface area contributed by atoms with Crippen molar-refractivity contribution >= 4 is 11.7 Å². The molecule has 0 radical (unpaired) electrons. The van der Waals surface area contributed by atoms with Gasteiger partial charge in [0.1, 0.15) is 11.9 Å². The van der Waals surface area contributed by atoms with E-state index in [0.717, 1.165) is 38.4 Å². The average Bonchev–Trinajstić information content (AvgIpc) is 3.05. The van der Waals surface area contributed by atoms with Crippen molar-refractivity contribution in [1.29, 1.82) is 0 Å². The van der Waals surface area contributed by atoms with Gasteiger partial charge in [0.15, 0.2) is 0 Å². The molecule has 6 heteroatoms. The molecule has 0 spiro atoms. The number of amides is 1. The topological polar surface area (TPSA) is 60.5 Å². The average molecular weight is 317 g/mol. The summed E-state index contributed by atoms with van der Waals surface area (Å²) >= 11 is 0. The van der Waals surface area contributed by atoms with E-state index in [1.54, 1.807) is 0 Å². The minimum Gasteiger partial charge on any atom is -0.353 e. The second-order valence-corrected chi connectivity index (χ2v) is 7.50. The third kappa shape index (κ3) is 3.64. The number of hydrazine groups is 1. The number of hydrogen-bond donors (Lipinski definition) is 2. The lowest BCUT2D eigenvalue weighted by Crippen LogP contribution is -2.53. The number of carbonyl (C=O) groups is 1. The minimum atomic E-state index is -0.111. The highest BCUT2D eigenvalue weighted by Gasteiger charge is 2.38. The molecule has 1 aromatic rings. The maximum atomic E-state index is 12.7. The van der Waals surface area contributed by atoms with E-state index in [2.05, 4.69) is 41.5 Å². The van der Waals surface area contributed by atoms with Crippen LogP contribution in [0.25, 0.3) is 0 Å². The van der Waals surface area contributed by atoms with Crippen LogP contribution >= 0.6 is 0 Å². The highest BCUT2D eigenvalue weighted by atomic mass is 16.2. The molecule has 1 aromatic heterocycles. The Morgan fingerprint density at radius 3 is 2.48 bits per heavy atom. The summed E-state index contributed by atoms with van der Waals surface area (Å²) in [5.74, 6) is 1.21. The molecule has 2 atom stereocenters.